The van der Waals surface area contributed by atoms with Gasteiger partial charge in [0.1, 0.15) is 0 Å². The minimum absolute atomic E-state index is 0.0859. The Kier molecular flexibility index (Phi) is 4.73. The second kappa shape index (κ2) is 5.86. The van der Waals surface area contributed by atoms with E-state index in [1.807, 2.05) is 4.90 Å². The monoisotopic (exact) mass is 199 g/mol. The molecule has 0 spiro atoms. The lowest BCUT2D eigenvalue weighted by molar-refractivity contribution is 0.203. The second-order valence-corrected chi connectivity index (χ2v) is 3.83. The van der Waals surface area contributed by atoms with E-state index in [1.165, 1.54) is 0 Å². The Morgan fingerprint density at radius 3 is 2.64 bits per heavy atom. The zero-order valence-corrected chi connectivity index (χ0v) is 8.96. The van der Waals surface area contributed by atoms with Crippen LogP contribution in [-0.4, -0.2) is 36.6 Å². The SMILES string of the molecule is CCC(CCN)NC(=O)N1CCCC1. The van der Waals surface area contributed by atoms with Crippen LogP contribution in [0.4, 0.5) is 4.79 Å². The van der Waals surface area contributed by atoms with Crippen LogP contribution >= 0.6 is 0 Å². The van der Waals surface area contributed by atoms with E-state index < -0.39 is 0 Å². The van der Waals surface area contributed by atoms with Crippen LogP contribution in [-0.2, 0) is 0 Å². The lowest BCUT2D eigenvalue weighted by atomic mass is 10.1. The molecule has 3 N–H and O–H groups in total. The number of hydrogen-bond acceptors (Lipinski definition) is 2. The quantitative estimate of drug-likeness (QED) is 0.707. The molecule has 0 aromatic carbocycles. The van der Waals surface area contributed by atoms with E-state index in [0.29, 0.717) is 6.54 Å². The molecule has 1 heterocycles. The molecule has 1 unspecified atom stereocenters. The Balaban J connectivity index is 2.29. The Labute approximate surface area is 85.8 Å². The number of nitrogens with zero attached hydrogens (tertiary/aromatic N) is 1. The van der Waals surface area contributed by atoms with Crippen molar-refractivity contribution < 1.29 is 4.79 Å². The molecule has 0 bridgehead atoms. The maximum atomic E-state index is 11.7. The molecule has 0 aliphatic carbocycles. The van der Waals surface area contributed by atoms with Crippen LogP contribution in [0.25, 0.3) is 0 Å². The standard InChI is InChI=1S/C10H21N3O/c1-2-9(5-6-11)12-10(14)13-7-3-4-8-13/h9H,2-8,11H2,1H3,(H,12,14). The largest absolute Gasteiger partial charge is 0.335 e. The van der Waals surface area contributed by atoms with Crippen LogP contribution < -0.4 is 11.1 Å². The summed E-state index contributed by atoms with van der Waals surface area (Å²) in [6, 6.07) is 0.330. The molecule has 0 aromatic rings. The second-order valence-electron chi connectivity index (χ2n) is 3.83. The molecule has 82 valence electrons. The van der Waals surface area contributed by atoms with Crippen LogP contribution in [0.2, 0.25) is 0 Å². The number of urea groups is 1. The molecule has 0 radical (unpaired) electrons. The summed E-state index contributed by atoms with van der Waals surface area (Å²) in [7, 11) is 0. The molecule has 1 aliphatic rings. The van der Waals surface area contributed by atoms with Crippen LogP contribution in [0, 0.1) is 0 Å². The molecular formula is C10H21N3O. The fourth-order valence-electron chi connectivity index (χ4n) is 1.77. The summed E-state index contributed by atoms with van der Waals surface area (Å²) >= 11 is 0. The highest BCUT2D eigenvalue weighted by molar-refractivity contribution is 5.74. The van der Waals surface area contributed by atoms with Gasteiger partial charge in [-0.3, -0.25) is 0 Å². The van der Waals surface area contributed by atoms with Gasteiger partial charge in [-0.15, -0.1) is 0 Å². The lowest BCUT2D eigenvalue weighted by Crippen LogP contribution is -2.44. The molecule has 4 heteroatoms. The van der Waals surface area contributed by atoms with Gasteiger partial charge in [0, 0.05) is 19.1 Å². The van der Waals surface area contributed by atoms with Gasteiger partial charge >= 0.3 is 6.03 Å². The van der Waals surface area contributed by atoms with Crippen LogP contribution in [0.1, 0.15) is 32.6 Å². The average Bonchev–Trinajstić information content (AvgIpc) is 2.69. The summed E-state index contributed by atoms with van der Waals surface area (Å²) in [5, 5.41) is 3.02. The molecule has 1 rings (SSSR count). The van der Waals surface area contributed by atoms with Crippen molar-refractivity contribution in [3.63, 3.8) is 0 Å². The maximum absolute atomic E-state index is 11.7. The molecule has 14 heavy (non-hydrogen) atoms. The number of rotatable bonds is 4. The zero-order valence-electron chi connectivity index (χ0n) is 8.96. The minimum atomic E-state index is 0.0859. The van der Waals surface area contributed by atoms with Gasteiger partial charge in [-0.1, -0.05) is 6.92 Å². The van der Waals surface area contributed by atoms with Crippen LogP contribution in [0.3, 0.4) is 0 Å². The summed E-state index contributed by atoms with van der Waals surface area (Å²) in [6.45, 7) is 4.53. The Morgan fingerprint density at radius 2 is 2.14 bits per heavy atom. The molecule has 1 fully saturated rings. The Hall–Kier alpha value is -0.770. The van der Waals surface area contributed by atoms with Crippen molar-refractivity contribution in [1.29, 1.82) is 0 Å². The number of nitrogens with two attached hydrogens (primary N) is 1. The molecular weight excluding hydrogens is 178 g/mol. The molecule has 0 saturated carbocycles. The van der Waals surface area contributed by atoms with E-state index in [0.717, 1.165) is 38.8 Å². The number of carbonyl (C=O) groups is 1. The van der Waals surface area contributed by atoms with Crippen molar-refractivity contribution in [1.82, 2.24) is 10.2 Å². The summed E-state index contributed by atoms with van der Waals surface area (Å²) in [6.07, 6.45) is 4.11. The normalized spacial score (nSPS) is 18.3. The van der Waals surface area contributed by atoms with E-state index in [9.17, 15) is 4.79 Å². The van der Waals surface area contributed by atoms with Gasteiger partial charge < -0.3 is 16.0 Å². The fourth-order valence-corrected chi connectivity index (χ4v) is 1.77. The van der Waals surface area contributed by atoms with Gasteiger partial charge in [0.15, 0.2) is 0 Å². The van der Waals surface area contributed by atoms with Crippen LogP contribution in [0.5, 0.6) is 0 Å². The predicted octanol–water partition coefficient (Wildman–Crippen LogP) is 0.919. The van der Waals surface area contributed by atoms with E-state index >= 15 is 0 Å². The highest BCUT2D eigenvalue weighted by atomic mass is 16.2. The highest BCUT2D eigenvalue weighted by Gasteiger charge is 2.19. The fraction of sp³-hybridized carbons (Fsp3) is 0.900. The third-order valence-corrected chi connectivity index (χ3v) is 2.73. The van der Waals surface area contributed by atoms with Crippen molar-refractivity contribution in [3.05, 3.63) is 0 Å². The van der Waals surface area contributed by atoms with Gasteiger partial charge in [-0.25, -0.2) is 4.79 Å². The van der Waals surface area contributed by atoms with Crippen molar-refractivity contribution in [2.45, 2.75) is 38.6 Å². The van der Waals surface area contributed by atoms with Gasteiger partial charge in [-0.05, 0) is 32.2 Å². The van der Waals surface area contributed by atoms with E-state index in [2.05, 4.69) is 12.2 Å². The van der Waals surface area contributed by atoms with Gasteiger partial charge in [0.05, 0.1) is 0 Å². The molecule has 1 aliphatic heterocycles. The highest BCUT2D eigenvalue weighted by Crippen LogP contribution is 2.08. The zero-order chi connectivity index (χ0) is 10.4. The molecule has 1 saturated heterocycles. The summed E-state index contributed by atoms with van der Waals surface area (Å²) < 4.78 is 0. The van der Waals surface area contributed by atoms with Crippen molar-refractivity contribution in [2.75, 3.05) is 19.6 Å². The molecule has 2 amide bonds. The topological polar surface area (TPSA) is 58.4 Å². The smallest absolute Gasteiger partial charge is 0.317 e. The first-order valence-electron chi connectivity index (χ1n) is 5.53. The van der Waals surface area contributed by atoms with Gasteiger partial charge in [-0.2, -0.15) is 0 Å². The lowest BCUT2D eigenvalue weighted by Gasteiger charge is -2.21. The predicted molar refractivity (Wildman–Crippen MR) is 57.1 cm³/mol. The van der Waals surface area contributed by atoms with Crippen molar-refractivity contribution >= 4 is 6.03 Å². The first kappa shape index (κ1) is 11.3. The first-order valence-corrected chi connectivity index (χ1v) is 5.53. The number of likely N-dealkylation sites (tertiary alicyclic amines) is 1. The third kappa shape index (κ3) is 3.18. The van der Waals surface area contributed by atoms with Crippen LogP contribution in [0.15, 0.2) is 0 Å². The Bertz CT molecular complexity index is 178. The number of carbonyl (C=O) groups excluding carboxylic acids is 1. The van der Waals surface area contributed by atoms with Gasteiger partial charge in [0.25, 0.3) is 0 Å². The van der Waals surface area contributed by atoms with Gasteiger partial charge in [0.2, 0.25) is 0 Å². The van der Waals surface area contributed by atoms with Crippen molar-refractivity contribution in [3.8, 4) is 0 Å². The summed E-state index contributed by atoms with van der Waals surface area (Å²) in [4.78, 5) is 13.6. The number of hydrogen-bond donors (Lipinski definition) is 2. The van der Waals surface area contributed by atoms with Crippen molar-refractivity contribution in [2.24, 2.45) is 5.73 Å². The number of amides is 2. The van der Waals surface area contributed by atoms with E-state index in [-0.39, 0.29) is 12.1 Å². The molecule has 0 aromatic heterocycles. The summed E-state index contributed by atoms with van der Waals surface area (Å²) in [5.74, 6) is 0. The van der Waals surface area contributed by atoms with E-state index in [4.69, 9.17) is 5.73 Å². The molecule has 1 atom stereocenters. The summed E-state index contributed by atoms with van der Waals surface area (Å²) in [5.41, 5.74) is 5.47. The average molecular weight is 199 g/mol. The van der Waals surface area contributed by atoms with E-state index in [1.54, 1.807) is 0 Å². The maximum Gasteiger partial charge on any atom is 0.317 e. The first-order chi connectivity index (χ1) is 6.77. The minimum Gasteiger partial charge on any atom is -0.335 e. The molecule has 4 nitrogen and oxygen atoms in total. The Morgan fingerprint density at radius 1 is 1.50 bits per heavy atom. The number of nitrogens with one attached hydrogen (secondary N) is 1. The third-order valence-electron chi connectivity index (χ3n) is 2.73.